The molecule has 0 aliphatic carbocycles. The first-order valence-corrected chi connectivity index (χ1v) is 9.17. The Bertz CT molecular complexity index is 702. The molecule has 8 heteroatoms. The van der Waals surface area contributed by atoms with Gasteiger partial charge in [-0.05, 0) is 24.9 Å². The van der Waals surface area contributed by atoms with E-state index in [4.69, 9.17) is 9.63 Å². The summed E-state index contributed by atoms with van der Waals surface area (Å²) in [5.74, 6) is 0.595. The monoisotopic (exact) mass is 394 g/mol. The number of benzene rings is 1. The third-order valence-corrected chi connectivity index (χ3v) is 4.89. The second-order valence-corrected chi connectivity index (χ2v) is 6.73. The molecule has 2 aromatic rings. The van der Waals surface area contributed by atoms with E-state index in [0.29, 0.717) is 30.7 Å². The molecule has 1 aromatic carbocycles. The molecular formula is C19H27ClN4O3. The van der Waals surface area contributed by atoms with Crippen molar-refractivity contribution in [2.75, 3.05) is 26.2 Å². The van der Waals surface area contributed by atoms with Crippen LogP contribution in [0.25, 0.3) is 0 Å². The SMILES string of the molecule is CCN(CC(=O)O)C1CCN(Cc2nc(Cc3ccccc3)no2)CC1.Cl. The van der Waals surface area contributed by atoms with E-state index in [-0.39, 0.29) is 19.0 Å². The Balaban J connectivity index is 0.00000261. The number of likely N-dealkylation sites (N-methyl/N-ethyl adjacent to an activating group) is 1. The lowest BCUT2D eigenvalue weighted by molar-refractivity contribution is -0.139. The summed E-state index contributed by atoms with van der Waals surface area (Å²) in [6.07, 6.45) is 2.60. The second kappa shape index (κ2) is 10.4. The van der Waals surface area contributed by atoms with Gasteiger partial charge in [0, 0.05) is 25.6 Å². The quantitative estimate of drug-likeness (QED) is 0.736. The molecule has 27 heavy (non-hydrogen) atoms. The van der Waals surface area contributed by atoms with E-state index in [1.807, 2.05) is 30.0 Å². The van der Waals surface area contributed by atoms with Crippen LogP contribution in [0.3, 0.4) is 0 Å². The Morgan fingerprint density at radius 3 is 2.63 bits per heavy atom. The van der Waals surface area contributed by atoms with Gasteiger partial charge in [-0.2, -0.15) is 4.98 Å². The maximum absolute atomic E-state index is 11.0. The Morgan fingerprint density at radius 1 is 1.30 bits per heavy atom. The summed E-state index contributed by atoms with van der Waals surface area (Å²) in [7, 11) is 0. The number of hydrogen-bond acceptors (Lipinski definition) is 6. The lowest BCUT2D eigenvalue weighted by atomic mass is 10.0. The molecule has 0 bridgehead atoms. The van der Waals surface area contributed by atoms with Gasteiger partial charge in [0.1, 0.15) is 0 Å². The third-order valence-electron chi connectivity index (χ3n) is 4.89. The lowest BCUT2D eigenvalue weighted by Crippen LogP contribution is -2.46. The third kappa shape index (κ3) is 6.30. The van der Waals surface area contributed by atoms with Crippen molar-refractivity contribution >= 4 is 18.4 Å². The normalized spacial score (nSPS) is 15.6. The first kappa shape index (κ1) is 21.3. The molecule has 1 N–H and O–H groups in total. The zero-order chi connectivity index (χ0) is 18.4. The van der Waals surface area contributed by atoms with Crippen molar-refractivity contribution in [3.05, 3.63) is 47.6 Å². The molecule has 0 atom stereocenters. The fraction of sp³-hybridized carbons (Fsp3) is 0.526. The van der Waals surface area contributed by atoms with Gasteiger partial charge in [0.25, 0.3) is 0 Å². The highest BCUT2D eigenvalue weighted by molar-refractivity contribution is 5.85. The summed E-state index contributed by atoms with van der Waals surface area (Å²) in [6, 6.07) is 10.4. The molecule has 1 aliphatic heterocycles. The van der Waals surface area contributed by atoms with E-state index in [9.17, 15) is 4.79 Å². The highest BCUT2D eigenvalue weighted by Gasteiger charge is 2.25. The fourth-order valence-electron chi connectivity index (χ4n) is 3.51. The van der Waals surface area contributed by atoms with Crippen molar-refractivity contribution in [2.45, 2.75) is 38.8 Å². The number of carbonyl (C=O) groups is 1. The van der Waals surface area contributed by atoms with E-state index in [1.54, 1.807) is 0 Å². The zero-order valence-electron chi connectivity index (χ0n) is 15.6. The standard InChI is InChI=1S/C19H26N4O3.ClH/c1-2-23(14-19(24)25)16-8-10-22(11-9-16)13-18-20-17(21-26-18)12-15-6-4-3-5-7-15;/h3-7,16H,2,8-14H2,1H3,(H,24,25);1H. The number of aliphatic carboxylic acids is 1. The minimum Gasteiger partial charge on any atom is -0.480 e. The van der Waals surface area contributed by atoms with Gasteiger partial charge in [0.05, 0.1) is 13.1 Å². The summed E-state index contributed by atoms with van der Waals surface area (Å²) in [5, 5.41) is 13.1. The van der Waals surface area contributed by atoms with Crippen LogP contribution in [0.4, 0.5) is 0 Å². The molecule has 0 saturated carbocycles. The summed E-state index contributed by atoms with van der Waals surface area (Å²) < 4.78 is 5.40. The summed E-state index contributed by atoms with van der Waals surface area (Å²) in [5.41, 5.74) is 1.17. The van der Waals surface area contributed by atoms with Crippen LogP contribution in [0.1, 0.15) is 37.0 Å². The molecule has 1 saturated heterocycles. The maximum atomic E-state index is 11.0. The van der Waals surface area contributed by atoms with Crippen LogP contribution in [0, 0.1) is 0 Å². The number of nitrogens with zero attached hydrogens (tertiary/aromatic N) is 4. The van der Waals surface area contributed by atoms with Gasteiger partial charge in [-0.15, -0.1) is 12.4 Å². The lowest BCUT2D eigenvalue weighted by Gasteiger charge is -2.36. The first-order valence-electron chi connectivity index (χ1n) is 9.17. The molecule has 0 radical (unpaired) electrons. The van der Waals surface area contributed by atoms with Gasteiger partial charge in [0.2, 0.25) is 5.89 Å². The van der Waals surface area contributed by atoms with E-state index in [1.165, 1.54) is 5.56 Å². The topological polar surface area (TPSA) is 82.7 Å². The fourth-order valence-corrected chi connectivity index (χ4v) is 3.51. The molecule has 0 amide bonds. The minimum absolute atomic E-state index is 0. The van der Waals surface area contributed by atoms with E-state index in [2.05, 4.69) is 27.2 Å². The van der Waals surface area contributed by atoms with Crippen LogP contribution >= 0.6 is 12.4 Å². The van der Waals surface area contributed by atoms with Crippen molar-refractivity contribution in [2.24, 2.45) is 0 Å². The van der Waals surface area contributed by atoms with Crippen LogP contribution < -0.4 is 0 Å². The van der Waals surface area contributed by atoms with Gasteiger partial charge in [-0.3, -0.25) is 14.6 Å². The predicted octanol–water partition coefficient (Wildman–Crippen LogP) is 2.45. The van der Waals surface area contributed by atoms with E-state index >= 15 is 0 Å². The molecule has 7 nitrogen and oxygen atoms in total. The molecule has 1 aliphatic rings. The van der Waals surface area contributed by atoms with Gasteiger partial charge in [-0.25, -0.2) is 0 Å². The molecule has 0 spiro atoms. The van der Waals surface area contributed by atoms with Crippen molar-refractivity contribution in [3.63, 3.8) is 0 Å². The second-order valence-electron chi connectivity index (χ2n) is 6.73. The molecule has 3 rings (SSSR count). The van der Waals surface area contributed by atoms with Crippen LogP contribution in [0.5, 0.6) is 0 Å². The van der Waals surface area contributed by atoms with Crippen molar-refractivity contribution in [3.8, 4) is 0 Å². The number of rotatable bonds is 8. The Morgan fingerprint density at radius 2 is 2.00 bits per heavy atom. The van der Waals surface area contributed by atoms with Crippen molar-refractivity contribution < 1.29 is 14.4 Å². The molecule has 0 unspecified atom stereocenters. The number of carboxylic acid groups (broad SMARTS) is 1. The molecule has 1 aromatic heterocycles. The average molecular weight is 395 g/mol. The Labute approximate surface area is 165 Å². The highest BCUT2D eigenvalue weighted by Crippen LogP contribution is 2.18. The zero-order valence-corrected chi connectivity index (χ0v) is 16.4. The average Bonchev–Trinajstić information content (AvgIpc) is 3.08. The van der Waals surface area contributed by atoms with E-state index in [0.717, 1.165) is 32.5 Å². The molecule has 148 valence electrons. The van der Waals surface area contributed by atoms with Gasteiger partial charge >= 0.3 is 5.97 Å². The number of likely N-dealkylation sites (tertiary alicyclic amines) is 1. The number of piperidine rings is 1. The summed E-state index contributed by atoms with van der Waals surface area (Å²) >= 11 is 0. The predicted molar refractivity (Wildman–Crippen MR) is 104 cm³/mol. The first-order chi connectivity index (χ1) is 12.6. The Hall–Kier alpha value is -1.96. The number of halogens is 1. The smallest absolute Gasteiger partial charge is 0.317 e. The molecular weight excluding hydrogens is 368 g/mol. The minimum atomic E-state index is -0.758. The van der Waals surface area contributed by atoms with Crippen LogP contribution in [0.15, 0.2) is 34.9 Å². The van der Waals surface area contributed by atoms with Gasteiger partial charge in [-0.1, -0.05) is 42.4 Å². The van der Waals surface area contributed by atoms with Crippen LogP contribution in [-0.4, -0.2) is 63.2 Å². The number of aromatic nitrogens is 2. The number of carboxylic acids is 1. The maximum Gasteiger partial charge on any atom is 0.317 e. The van der Waals surface area contributed by atoms with E-state index < -0.39 is 5.97 Å². The van der Waals surface area contributed by atoms with Crippen LogP contribution in [-0.2, 0) is 17.8 Å². The summed E-state index contributed by atoms with van der Waals surface area (Å²) in [6.45, 7) is 5.38. The van der Waals surface area contributed by atoms with Gasteiger partial charge < -0.3 is 9.63 Å². The molecule has 1 fully saturated rings. The Kier molecular flexibility index (Phi) is 8.22. The van der Waals surface area contributed by atoms with Crippen molar-refractivity contribution in [1.29, 1.82) is 0 Å². The summed E-state index contributed by atoms with van der Waals surface area (Å²) in [4.78, 5) is 19.8. The number of hydrogen-bond donors (Lipinski definition) is 1. The van der Waals surface area contributed by atoms with Crippen molar-refractivity contribution in [1.82, 2.24) is 19.9 Å². The van der Waals surface area contributed by atoms with Crippen LogP contribution in [0.2, 0.25) is 0 Å². The molecule has 2 heterocycles. The van der Waals surface area contributed by atoms with Gasteiger partial charge in [0.15, 0.2) is 5.82 Å². The highest BCUT2D eigenvalue weighted by atomic mass is 35.5. The largest absolute Gasteiger partial charge is 0.480 e.